The summed E-state index contributed by atoms with van der Waals surface area (Å²) in [6.07, 6.45) is 0.746. The number of carbonyl (C=O) groups excluding carboxylic acids is 5. The first-order valence-electron chi connectivity index (χ1n) is 19.1. The second-order valence-corrected chi connectivity index (χ2v) is 15.3. The van der Waals surface area contributed by atoms with Crippen molar-refractivity contribution in [1.82, 2.24) is 25.0 Å². The van der Waals surface area contributed by atoms with E-state index in [0.29, 0.717) is 38.4 Å². The fraction of sp³-hybridized carbons (Fsp3) is 0.375. The Hall–Kier alpha value is -6.46. The van der Waals surface area contributed by atoms with Gasteiger partial charge in [0.2, 0.25) is 11.8 Å². The summed E-state index contributed by atoms with van der Waals surface area (Å²) < 4.78 is 40.7. The molecule has 2 aromatic carbocycles. The molecule has 5 heterocycles. The van der Waals surface area contributed by atoms with Crippen molar-refractivity contribution < 1.29 is 37.1 Å². The number of amides is 6. The lowest BCUT2D eigenvalue weighted by molar-refractivity contribution is -0.145. The lowest BCUT2D eigenvalue weighted by Gasteiger charge is -2.53. The molecule has 3 aliphatic heterocycles. The maximum absolute atomic E-state index is 13.5. The summed E-state index contributed by atoms with van der Waals surface area (Å²) in [6.45, 7) is 4.70. The van der Waals surface area contributed by atoms with Crippen molar-refractivity contribution in [2.45, 2.75) is 38.3 Å². The number of halogens is 3. The first-order chi connectivity index (χ1) is 27.7. The summed E-state index contributed by atoms with van der Waals surface area (Å²) in [5.41, 5.74) is 6.93. The Morgan fingerprint density at radius 2 is 1.40 bits per heavy atom. The summed E-state index contributed by atoms with van der Waals surface area (Å²) in [7, 11) is 0. The van der Waals surface area contributed by atoms with Gasteiger partial charge in [-0.3, -0.25) is 29.4 Å². The number of piperazine rings is 1. The molecular formula is C40H41F3N10O5. The second-order valence-electron chi connectivity index (χ2n) is 15.3. The average Bonchev–Trinajstić information content (AvgIpc) is 3.64. The predicted octanol–water partition coefficient (Wildman–Crippen LogP) is 4.43. The van der Waals surface area contributed by atoms with Gasteiger partial charge in [0, 0.05) is 75.2 Å². The minimum Gasteiger partial charge on any atom is -0.371 e. The van der Waals surface area contributed by atoms with Crippen LogP contribution in [0.1, 0.15) is 58.8 Å². The van der Waals surface area contributed by atoms with Gasteiger partial charge >= 0.3 is 12.2 Å². The van der Waals surface area contributed by atoms with E-state index < -0.39 is 35.4 Å². The van der Waals surface area contributed by atoms with Crippen LogP contribution >= 0.6 is 0 Å². The highest BCUT2D eigenvalue weighted by molar-refractivity contribution is 6.07. The molecular weight excluding hydrogens is 757 g/mol. The zero-order valence-corrected chi connectivity index (χ0v) is 31.4. The van der Waals surface area contributed by atoms with Crippen molar-refractivity contribution in [3.8, 4) is 5.69 Å². The number of imide groups is 1. The molecule has 6 amide bonds. The van der Waals surface area contributed by atoms with Gasteiger partial charge in [0.25, 0.3) is 11.8 Å². The van der Waals surface area contributed by atoms with E-state index in [9.17, 15) is 37.1 Å². The number of primary amides is 1. The molecule has 0 bridgehead atoms. The Kier molecular flexibility index (Phi) is 10.0. The molecule has 4 N–H and O–H groups in total. The van der Waals surface area contributed by atoms with E-state index in [1.807, 2.05) is 41.3 Å². The number of hydrogen-bond acceptors (Lipinski definition) is 9. The number of urea groups is 1. The number of carbonyl (C=O) groups is 5. The maximum atomic E-state index is 13.5. The van der Waals surface area contributed by atoms with E-state index in [4.69, 9.17) is 5.73 Å². The van der Waals surface area contributed by atoms with Gasteiger partial charge in [-0.05, 0) is 91.8 Å². The predicted molar refractivity (Wildman–Crippen MR) is 207 cm³/mol. The molecule has 0 radical (unpaired) electrons. The molecule has 1 saturated carbocycles. The molecule has 58 heavy (non-hydrogen) atoms. The zero-order chi connectivity index (χ0) is 40.8. The topological polar surface area (TPSA) is 179 Å². The Balaban J connectivity index is 0.808. The SMILES string of the molecule is NC(=O)c1nn(-c2ccc(N3CCN(C(=O)C4CC5(CCN(c6ccc(N7CCC(=O)NC7=O)cc6)CC5)C4)CC3)cc2)cc1NC(=O)c1cccc(C(F)(F)F)n1. The average molecular weight is 799 g/mol. The van der Waals surface area contributed by atoms with E-state index in [2.05, 4.69) is 30.5 Å². The van der Waals surface area contributed by atoms with Crippen LogP contribution in [0.25, 0.3) is 5.69 Å². The van der Waals surface area contributed by atoms with Crippen molar-refractivity contribution in [2.75, 3.05) is 65.8 Å². The first kappa shape index (κ1) is 38.4. The molecule has 2 aromatic heterocycles. The molecule has 15 nitrogen and oxygen atoms in total. The van der Waals surface area contributed by atoms with Crippen LogP contribution in [0.2, 0.25) is 0 Å². The number of rotatable bonds is 8. The van der Waals surface area contributed by atoms with Crippen LogP contribution < -0.4 is 31.1 Å². The Morgan fingerprint density at radius 3 is 2.00 bits per heavy atom. The number of anilines is 4. The molecule has 18 heteroatoms. The number of nitrogens with two attached hydrogens (primary N) is 1. The number of pyridine rings is 1. The smallest absolute Gasteiger partial charge is 0.371 e. The van der Waals surface area contributed by atoms with Crippen LogP contribution in [-0.4, -0.2) is 95.1 Å². The summed E-state index contributed by atoms with van der Waals surface area (Å²) >= 11 is 0. The maximum Gasteiger partial charge on any atom is 0.433 e. The van der Waals surface area contributed by atoms with Crippen LogP contribution in [0.5, 0.6) is 0 Å². The number of alkyl halides is 3. The first-order valence-corrected chi connectivity index (χ1v) is 19.1. The van der Waals surface area contributed by atoms with E-state index in [1.165, 1.54) is 10.9 Å². The third-order valence-corrected chi connectivity index (χ3v) is 11.7. The fourth-order valence-electron chi connectivity index (χ4n) is 8.41. The van der Waals surface area contributed by atoms with Gasteiger partial charge in [-0.1, -0.05) is 6.07 Å². The lowest BCUT2D eigenvalue weighted by atomic mass is 9.57. The van der Waals surface area contributed by atoms with Crippen LogP contribution in [0, 0.1) is 11.3 Å². The molecule has 4 fully saturated rings. The number of piperidine rings is 1. The molecule has 4 aliphatic rings. The van der Waals surface area contributed by atoms with E-state index in [1.54, 1.807) is 17.0 Å². The molecule has 0 atom stereocenters. The standard InChI is InChI=1S/C40H41F3N10O5/c41-40(42,43)32-3-1-2-30(45-32)36(56)46-31-24-53(48-34(31)35(44)55)29-10-6-27(7-11-29)50-18-20-51(21-19-50)37(57)25-22-39(23-25)13-16-49(17-14-39)26-4-8-28(9-5-26)52-15-12-33(54)47-38(52)58/h1-11,24-25H,12-23H2,(H2,44,55)(H,46,56)(H,47,54,58). The Morgan fingerprint density at radius 1 is 0.793 bits per heavy atom. The lowest BCUT2D eigenvalue weighted by Crippen LogP contribution is -2.55. The van der Waals surface area contributed by atoms with E-state index in [-0.39, 0.29) is 40.9 Å². The van der Waals surface area contributed by atoms with Crippen LogP contribution in [0.15, 0.2) is 72.9 Å². The highest BCUT2D eigenvalue weighted by atomic mass is 19.4. The molecule has 8 rings (SSSR count). The monoisotopic (exact) mass is 798 g/mol. The van der Waals surface area contributed by atoms with E-state index in [0.717, 1.165) is 74.0 Å². The van der Waals surface area contributed by atoms with Crippen molar-refractivity contribution in [3.63, 3.8) is 0 Å². The van der Waals surface area contributed by atoms with Crippen LogP contribution in [0.3, 0.4) is 0 Å². The quantitative estimate of drug-likeness (QED) is 0.233. The zero-order valence-electron chi connectivity index (χ0n) is 31.4. The summed E-state index contributed by atoms with van der Waals surface area (Å²) in [4.78, 5) is 73.6. The number of hydrogen-bond donors (Lipinski definition) is 3. The second kappa shape index (κ2) is 15.1. The largest absolute Gasteiger partial charge is 0.433 e. The normalized spacial score (nSPS) is 18.5. The number of benzene rings is 2. The van der Waals surface area contributed by atoms with Gasteiger partial charge < -0.3 is 25.8 Å². The summed E-state index contributed by atoms with van der Waals surface area (Å²) in [6, 6.07) is 17.7. The number of aromatic nitrogens is 3. The van der Waals surface area contributed by atoms with Gasteiger partial charge in [-0.15, -0.1) is 0 Å². The van der Waals surface area contributed by atoms with Gasteiger partial charge in [0.1, 0.15) is 11.4 Å². The van der Waals surface area contributed by atoms with Gasteiger partial charge in [0.15, 0.2) is 5.69 Å². The van der Waals surface area contributed by atoms with Crippen LogP contribution in [-0.2, 0) is 15.8 Å². The minimum atomic E-state index is -4.74. The van der Waals surface area contributed by atoms with E-state index >= 15 is 0 Å². The van der Waals surface area contributed by atoms with Crippen LogP contribution in [0.4, 0.5) is 40.7 Å². The highest BCUT2D eigenvalue weighted by Crippen LogP contribution is 2.53. The van der Waals surface area contributed by atoms with Gasteiger partial charge in [0.05, 0.1) is 17.6 Å². The molecule has 0 unspecified atom stereocenters. The Labute approximate surface area is 330 Å². The molecule has 1 spiro atoms. The molecule has 3 saturated heterocycles. The Bertz CT molecular complexity index is 2240. The van der Waals surface area contributed by atoms with Gasteiger partial charge in [-0.25, -0.2) is 14.5 Å². The third-order valence-electron chi connectivity index (χ3n) is 11.7. The number of nitrogens with one attached hydrogen (secondary N) is 2. The van der Waals surface area contributed by atoms with Crippen molar-refractivity contribution >= 4 is 52.4 Å². The molecule has 302 valence electrons. The summed E-state index contributed by atoms with van der Waals surface area (Å²) in [5, 5.41) is 8.95. The van der Waals surface area contributed by atoms with Gasteiger partial charge in [-0.2, -0.15) is 18.3 Å². The van der Waals surface area contributed by atoms with Crippen molar-refractivity contribution in [3.05, 3.63) is 90.0 Å². The van der Waals surface area contributed by atoms with Crippen molar-refractivity contribution in [2.24, 2.45) is 17.1 Å². The summed E-state index contributed by atoms with van der Waals surface area (Å²) in [5.74, 6) is -1.91. The third kappa shape index (κ3) is 7.77. The van der Waals surface area contributed by atoms with Crippen molar-refractivity contribution in [1.29, 1.82) is 0 Å². The fourth-order valence-corrected chi connectivity index (χ4v) is 8.41. The number of nitrogens with zero attached hydrogens (tertiary/aromatic N) is 7. The minimum absolute atomic E-state index is 0.0367. The molecule has 1 aliphatic carbocycles. The highest BCUT2D eigenvalue weighted by Gasteiger charge is 2.49. The molecule has 4 aromatic rings.